The smallest absolute Gasteiger partial charge is 0.157 e. The van der Waals surface area contributed by atoms with Crippen LogP contribution >= 0.6 is 23.2 Å². The average Bonchev–Trinajstić information content (AvgIpc) is 2.84. The van der Waals surface area contributed by atoms with Gasteiger partial charge in [0.15, 0.2) is 5.65 Å². The fourth-order valence-electron chi connectivity index (χ4n) is 2.13. The summed E-state index contributed by atoms with van der Waals surface area (Å²) in [5, 5.41) is 5.78. The molecule has 0 unspecified atom stereocenters. The van der Waals surface area contributed by atoms with Crippen LogP contribution in [0.1, 0.15) is 19.0 Å². The number of hydrogen-bond acceptors (Lipinski definition) is 2. The van der Waals surface area contributed by atoms with Gasteiger partial charge in [-0.25, -0.2) is 9.50 Å². The van der Waals surface area contributed by atoms with Crippen molar-refractivity contribution in [2.45, 2.75) is 19.8 Å². The second-order valence-corrected chi connectivity index (χ2v) is 5.45. The zero-order chi connectivity index (χ0) is 14.1. The summed E-state index contributed by atoms with van der Waals surface area (Å²) < 4.78 is 1.66. The molecule has 0 saturated heterocycles. The highest BCUT2D eigenvalue weighted by Crippen LogP contribution is 2.23. The summed E-state index contributed by atoms with van der Waals surface area (Å²) in [5.74, 6) is 0. The molecule has 0 amide bonds. The molecule has 0 aliphatic carbocycles. The van der Waals surface area contributed by atoms with Crippen LogP contribution in [0.2, 0.25) is 10.2 Å². The Morgan fingerprint density at radius 1 is 1.10 bits per heavy atom. The third kappa shape index (κ3) is 2.51. The van der Waals surface area contributed by atoms with Crippen LogP contribution in [-0.2, 0) is 6.42 Å². The number of rotatable bonds is 3. The van der Waals surface area contributed by atoms with Crippen LogP contribution in [-0.4, -0.2) is 14.6 Å². The largest absolute Gasteiger partial charge is 0.233 e. The fraction of sp³-hybridized carbons (Fsp3) is 0.200. The van der Waals surface area contributed by atoms with Crippen LogP contribution in [0.4, 0.5) is 0 Å². The first kappa shape index (κ1) is 13.4. The quantitative estimate of drug-likeness (QED) is 0.659. The Labute approximate surface area is 127 Å². The fourth-order valence-corrected chi connectivity index (χ4v) is 2.51. The third-order valence-electron chi connectivity index (χ3n) is 3.08. The van der Waals surface area contributed by atoms with E-state index >= 15 is 0 Å². The molecule has 0 bridgehead atoms. The van der Waals surface area contributed by atoms with Crippen molar-refractivity contribution < 1.29 is 0 Å². The number of hydrogen-bond donors (Lipinski definition) is 0. The first-order valence-electron chi connectivity index (χ1n) is 6.48. The van der Waals surface area contributed by atoms with Crippen molar-refractivity contribution in [1.29, 1.82) is 0 Å². The van der Waals surface area contributed by atoms with Gasteiger partial charge in [0, 0.05) is 22.3 Å². The van der Waals surface area contributed by atoms with E-state index in [0.717, 1.165) is 35.4 Å². The van der Waals surface area contributed by atoms with Crippen molar-refractivity contribution in [3.8, 4) is 11.3 Å². The Morgan fingerprint density at radius 2 is 1.85 bits per heavy atom. The lowest BCUT2D eigenvalue weighted by molar-refractivity contribution is 0.859. The van der Waals surface area contributed by atoms with Gasteiger partial charge in [0.05, 0.1) is 5.69 Å². The second-order valence-electron chi connectivity index (χ2n) is 4.63. The van der Waals surface area contributed by atoms with E-state index in [1.54, 1.807) is 4.52 Å². The minimum Gasteiger partial charge on any atom is -0.233 e. The van der Waals surface area contributed by atoms with Gasteiger partial charge in [-0.05, 0) is 24.6 Å². The van der Waals surface area contributed by atoms with Crippen LogP contribution in [0.5, 0.6) is 0 Å². The topological polar surface area (TPSA) is 30.2 Å². The average molecular weight is 306 g/mol. The minimum atomic E-state index is 0.582. The Bertz CT molecular complexity index is 748. The van der Waals surface area contributed by atoms with Gasteiger partial charge in [0.1, 0.15) is 5.15 Å². The predicted octanol–water partition coefficient (Wildman–Crippen LogP) is 4.66. The van der Waals surface area contributed by atoms with Crippen molar-refractivity contribution in [2.24, 2.45) is 0 Å². The molecule has 0 atom stereocenters. The monoisotopic (exact) mass is 305 g/mol. The van der Waals surface area contributed by atoms with Crippen molar-refractivity contribution in [1.82, 2.24) is 14.6 Å². The first-order valence-corrected chi connectivity index (χ1v) is 7.24. The maximum atomic E-state index is 6.26. The van der Waals surface area contributed by atoms with Gasteiger partial charge in [-0.2, -0.15) is 5.10 Å². The molecule has 5 heteroatoms. The van der Waals surface area contributed by atoms with Crippen LogP contribution in [0.3, 0.4) is 0 Å². The van der Waals surface area contributed by atoms with Crippen molar-refractivity contribution >= 4 is 28.8 Å². The number of aromatic nitrogens is 3. The molecule has 0 saturated carbocycles. The number of fused-ring (bicyclic) bond motifs is 1. The highest BCUT2D eigenvalue weighted by atomic mass is 35.5. The van der Waals surface area contributed by atoms with Crippen LogP contribution in [0.15, 0.2) is 36.4 Å². The summed E-state index contributed by atoms with van der Waals surface area (Å²) >= 11 is 12.2. The van der Waals surface area contributed by atoms with E-state index in [1.807, 2.05) is 36.4 Å². The van der Waals surface area contributed by atoms with E-state index in [-0.39, 0.29) is 0 Å². The summed E-state index contributed by atoms with van der Waals surface area (Å²) in [4.78, 5) is 4.58. The Morgan fingerprint density at radius 3 is 2.55 bits per heavy atom. The summed E-state index contributed by atoms with van der Waals surface area (Å²) in [6.45, 7) is 2.12. The van der Waals surface area contributed by atoms with Gasteiger partial charge in [-0.3, -0.25) is 0 Å². The van der Waals surface area contributed by atoms with Gasteiger partial charge < -0.3 is 0 Å². The molecule has 2 heterocycles. The van der Waals surface area contributed by atoms with Gasteiger partial charge in [-0.1, -0.05) is 48.7 Å². The van der Waals surface area contributed by atoms with E-state index in [0.29, 0.717) is 10.2 Å². The summed E-state index contributed by atoms with van der Waals surface area (Å²) in [6, 6.07) is 11.4. The Kier molecular flexibility index (Phi) is 3.64. The number of aryl methyl sites for hydroxylation is 1. The van der Waals surface area contributed by atoms with Gasteiger partial charge in [0.25, 0.3) is 0 Å². The molecule has 20 heavy (non-hydrogen) atoms. The Hall–Kier alpha value is -1.58. The van der Waals surface area contributed by atoms with Crippen LogP contribution in [0, 0.1) is 0 Å². The molecule has 102 valence electrons. The maximum absolute atomic E-state index is 6.26. The summed E-state index contributed by atoms with van der Waals surface area (Å²) in [6.07, 6.45) is 1.95. The van der Waals surface area contributed by atoms with Crippen LogP contribution in [0.25, 0.3) is 16.9 Å². The molecular formula is C15H13Cl2N3. The minimum absolute atomic E-state index is 0.582. The summed E-state index contributed by atoms with van der Waals surface area (Å²) in [5.41, 5.74) is 3.59. The zero-order valence-corrected chi connectivity index (χ0v) is 12.5. The normalized spacial score (nSPS) is 11.2. The third-order valence-corrected chi connectivity index (χ3v) is 3.60. The highest BCUT2D eigenvalue weighted by Gasteiger charge is 2.09. The van der Waals surface area contributed by atoms with Gasteiger partial charge >= 0.3 is 0 Å². The molecule has 0 aliphatic rings. The second kappa shape index (κ2) is 5.43. The SMILES string of the molecule is CCCc1cc(Cl)n2nc(-c3ccc(Cl)cc3)cc2n1. The van der Waals surface area contributed by atoms with E-state index in [2.05, 4.69) is 17.0 Å². The molecule has 2 aromatic heterocycles. The molecule has 0 radical (unpaired) electrons. The number of halogens is 2. The number of nitrogens with zero attached hydrogens (tertiary/aromatic N) is 3. The maximum Gasteiger partial charge on any atom is 0.157 e. The lowest BCUT2D eigenvalue weighted by Gasteiger charge is -2.01. The van der Waals surface area contributed by atoms with E-state index < -0.39 is 0 Å². The lowest BCUT2D eigenvalue weighted by atomic mass is 10.1. The zero-order valence-electron chi connectivity index (χ0n) is 11.0. The molecular weight excluding hydrogens is 293 g/mol. The summed E-state index contributed by atoms with van der Waals surface area (Å²) in [7, 11) is 0. The molecule has 0 fully saturated rings. The predicted molar refractivity (Wildman–Crippen MR) is 82.4 cm³/mol. The standard InChI is InChI=1S/C15H13Cl2N3/c1-2-3-12-8-14(17)20-15(18-12)9-13(19-20)10-4-6-11(16)7-5-10/h4-9H,2-3H2,1H3. The van der Waals surface area contributed by atoms with Crippen molar-refractivity contribution in [3.63, 3.8) is 0 Å². The highest BCUT2D eigenvalue weighted by molar-refractivity contribution is 6.30. The molecule has 0 N–H and O–H groups in total. The molecule has 1 aromatic carbocycles. The van der Waals surface area contributed by atoms with E-state index in [9.17, 15) is 0 Å². The van der Waals surface area contributed by atoms with Crippen LogP contribution < -0.4 is 0 Å². The number of benzene rings is 1. The molecule has 3 nitrogen and oxygen atoms in total. The Balaban J connectivity index is 2.10. The molecule has 0 aliphatic heterocycles. The van der Waals surface area contributed by atoms with Crippen molar-refractivity contribution in [3.05, 3.63) is 52.3 Å². The van der Waals surface area contributed by atoms with E-state index in [1.165, 1.54) is 0 Å². The van der Waals surface area contributed by atoms with E-state index in [4.69, 9.17) is 23.2 Å². The first-order chi connectivity index (χ1) is 9.67. The van der Waals surface area contributed by atoms with Crippen molar-refractivity contribution in [2.75, 3.05) is 0 Å². The van der Waals surface area contributed by atoms with Gasteiger partial charge in [-0.15, -0.1) is 0 Å². The molecule has 3 aromatic rings. The lowest BCUT2D eigenvalue weighted by Crippen LogP contribution is -1.97. The molecule has 3 rings (SSSR count). The molecule has 0 spiro atoms. The van der Waals surface area contributed by atoms with Gasteiger partial charge in [0.2, 0.25) is 0 Å².